The first-order chi connectivity index (χ1) is 12.4. The highest BCUT2D eigenvalue weighted by Crippen LogP contribution is 2.30. The summed E-state index contributed by atoms with van der Waals surface area (Å²) in [5, 5.41) is 18.6. The van der Waals surface area contributed by atoms with Crippen LogP contribution in [0.25, 0.3) is 0 Å². The zero-order chi connectivity index (χ0) is 19.3. The topological polar surface area (TPSA) is 96.0 Å². The van der Waals surface area contributed by atoms with E-state index in [-0.39, 0.29) is 36.0 Å². The van der Waals surface area contributed by atoms with Gasteiger partial charge in [-0.1, -0.05) is 12.1 Å². The van der Waals surface area contributed by atoms with Gasteiger partial charge in [-0.25, -0.2) is 4.39 Å². The van der Waals surface area contributed by atoms with Gasteiger partial charge in [-0.2, -0.15) is 0 Å². The summed E-state index contributed by atoms with van der Waals surface area (Å²) >= 11 is 0. The van der Waals surface area contributed by atoms with Crippen molar-refractivity contribution in [3.8, 4) is 0 Å². The summed E-state index contributed by atoms with van der Waals surface area (Å²) in [4.78, 5) is 28.1. The molecule has 1 amide bonds. The summed E-state index contributed by atoms with van der Waals surface area (Å²) in [7, 11) is 1.56. The van der Waals surface area contributed by atoms with E-state index < -0.39 is 10.7 Å². The number of amides is 1. The molecule has 0 radical (unpaired) electrons. The minimum absolute atomic E-state index is 0.143. The predicted octanol–water partition coefficient (Wildman–Crippen LogP) is 2.55. The van der Waals surface area contributed by atoms with Crippen LogP contribution in [0, 0.1) is 15.9 Å². The first-order valence-corrected chi connectivity index (χ1v) is 7.86. The van der Waals surface area contributed by atoms with Crippen LogP contribution in [0.2, 0.25) is 0 Å². The van der Waals surface area contributed by atoms with Gasteiger partial charge in [-0.3, -0.25) is 19.9 Å². The van der Waals surface area contributed by atoms with Gasteiger partial charge in [-0.15, -0.1) is 0 Å². The maximum absolute atomic E-state index is 14.1. The Morgan fingerprint density at radius 1 is 1.27 bits per heavy atom. The average Bonchev–Trinajstić information content (AvgIpc) is 2.74. The Balaban J connectivity index is 0.000000758. The molecule has 26 heavy (non-hydrogen) atoms. The fourth-order valence-electron chi connectivity index (χ4n) is 2.48. The molecule has 1 heterocycles. The quantitative estimate of drug-likeness (QED) is 0.658. The van der Waals surface area contributed by atoms with E-state index in [1.807, 2.05) is 0 Å². The number of hydrogen-bond donors (Lipinski definition) is 1. The maximum Gasteiger partial charge on any atom is 0.270 e. The van der Waals surface area contributed by atoms with Gasteiger partial charge in [0.25, 0.3) is 5.69 Å². The molecule has 0 atom stereocenters. The number of aliphatic hydroxyl groups is 1. The number of fused-ring (bicyclic) bond motifs is 1. The van der Waals surface area contributed by atoms with Gasteiger partial charge in [0.05, 0.1) is 16.3 Å². The molecule has 1 aliphatic rings. The van der Waals surface area contributed by atoms with Crippen LogP contribution >= 0.6 is 0 Å². The van der Waals surface area contributed by atoms with Crippen molar-refractivity contribution in [2.75, 3.05) is 25.1 Å². The third-order valence-corrected chi connectivity index (χ3v) is 3.68. The highest BCUT2D eigenvalue weighted by atomic mass is 19.1. The van der Waals surface area contributed by atoms with E-state index in [9.17, 15) is 19.3 Å². The van der Waals surface area contributed by atoms with Crippen LogP contribution < -0.4 is 4.90 Å². The van der Waals surface area contributed by atoms with Gasteiger partial charge in [-0.05, 0) is 25.1 Å². The van der Waals surface area contributed by atoms with Gasteiger partial charge in [0.1, 0.15) is 12.4 Å². The lowest BCUT2D eigenvalue weighted by Crippen LogP contribution is -2.27. The molecule has 1 N–H and O–H groups in total. The van der Waals surface area contributed by atoms with Crippen LogP contribution in [-0.4, -0.2) is 41.8 Å². The van der Waals surface area contributed by atoms with Crippen LogP contribution in [0.5, 0.6) is 0 Å². The van der Waals surface area contributed by atoms with Crippen molar-refractivity contribution >= 4 is 23.0 Å². The number of benzodiazepines with no additional fused rings is 1. The fourth-order valence-corrected chi connectivity index (χ4v) is 2.48. The van der Waals surface area contributed by atoms with E-state index in [0.717, 1.165) is 0 Å². The second-order valence-corrected chi connectivity index (χ2v) is 5.37. The molecule has 136 valence electrons. The molecular weight excluding hydrogens is 341 g/mol. The fraction of sp³-hybridized carbons (Fsp3) is 0.222. The van der Waals surface area contributed by atoms with Gasteiger partial charge in [0, 0.05) is 36.9 Å². The number of nitro groups is 1. The van der Waals surface area contributed by atoms with Crippen LogP contribution in [0.4, 0.5) is 15.8 Å². The Morgan fingerprint density at radius 3 is 2.54 bits per heavy atom. The highest BCUT2D eigenvalue weighted by Gasteiger charge is 2.25. The third-order valence-electron chi connectivity index (χ3n) is 3.68. The number of benzene rings is 2. The lowest BCUT2D eigenvalue weighted by atomic mass is 9.99. The minimum atomic E-state index is -0.536. The smallest absolute Gasteiger partial charge is 0.270 e. The van der Waals surface area contributed by atoms with E-state index in [4.69, 9.17) is 5.11 Å². The van der Waals surface area contributed by atoms with Crippen LogP contribution in [0.15, 0.2) is 47.5 Å². The van der Waals surface area contributed by atoms with Gasteiger partial charge < -0.3 is 10.0 Å². The van der Waals surface area contributed by atoms with Gasteiger partial charge >= 0.3 is 0 Å². The molecule has 2 aromatic rings. The number of likely N-dealkylation sites (N-methyl/N-ethyl adjacent to an activating group) is 1. The number of rotatable bonds is 2. The number of halogens is 1. The average molecular weight is 359 g/mol. The lowest BCUT2D eigenvalue weighted by molar-refractivity contribution is -0.384. The number of nitrogens with zero attached hydrogens (tertiary/aromatic N) is 3. The highest BCUT2D eigenvalue weighted by molar-refractivity contribution is 6.19. The Bertz CT molecular complexity index is 867. The second-order valence-electron chi connectivity index (χ2n) is 5.37. The van der Waals surface area contributed by atoms with Crippen molar-refractivity contribution in [3.05, 3.63) is 69.5 Å². The Kier molecular flexibility index (Phi) is 6.13. The monoisotopic (exact) mass is 359 g/mol. The molecule has 0 unspecified atom stereocenters. The zero-order valence-corrected chi connectivity index (χ0v) is 14.3. The van der Waals surface area contributed by atoms with Crippen LogP contribution in [0.1, 0.15) is 18.1 Å². The second kappa shape index (κ2) is 8.30. The molecule has 2 aromatic carbocycles. The van der Waals surface area contributed by atoms with Crippen molar-refractivity contribution in [1.29, 1.82) is 0 Å². The van der Waals surface area contributed by atoms with Gasteiger partial charge in [0.15, 0.2) is 0 Å². The largest absolute Gasteiger partial charge is 0.397 e. The summed E-state index contributed by atoms with van der Waals surface area (Å²) in [5.41, 5.74) is 1.12. The summed E-state index contributed by atoms with van der Waals surface area (Å²) in [6.45, 7) is 1.78. The normalized spacial score (nSPS) is 13.2. The van der Waals surface area contributed by atoms with Crippen molar-refractivity contribution < 1.29 is 19.2 Å². The standard InChI is InChI=1S/C16H12FN3O3.C2H6O/c1-19-14-7-6-10(20(22)23)8-12(14)16(18-9-15(19)21)11-4-2-3-5-13(11)17;1-2-3/h2-8H,9H2,1H3;3H,2H2,1H3. The number of carbonyl (C=O) groups is 1. The number of non-ortho nitro benzene ring substituents is 1. The Morgan fingerprint density at radius 2 is 1.92 bits per heavy atom. The number of aliphatic imine (C=N–C) groups is 1. The van der Waals surface area contributed by atoms with Crippen LogP contribution in [-0.2, 0) is 4.79 Å². The summed E-state index contributed by atoms with van der Waals surface area (Å²) < 4.78 is 14.1. The molecule has 0 spiro atoms. The number of anilines is 1. The number of nitro benzene ring substituents is 1. The Labute approximate surface area is 149 Å². The number of carbonyl (C=O) groups excluding carboxylic acids is 1. The third kappa shape index (κ3) is 3.92. The first-order valence-electron chi connectivity index (χ1n) is 7.86. The number of aliphatic hydroxyl groups excluding tert-OH is 1. The molecule has 0 fully saturated rings. The van der Waals surface area contributed by atoms with Crippen molar-refractivity contribution in [1.82, 2.24) is 0 Å². The van der Waals surface area contributed by atoms with Crippen LogP contribution in [0.3, 0.4) is 0 Å². The minimum Gasteiger partial charge on any atom is -0.397 e. The van der Waals surface area contributed by atoms with E-state index >= 15 is 0 Å². The molecule has 0 bridgehead atoms. The summed E-state index contributed by atoms with van der Waals surface area (Å²) in [6, 6.07) is 10.1. The maximum atomic E-state index is 14.1. The summed E-state index contributed by atoms with van der Waals surface area (Å²) in [6.07, 6.45) is 0. The molecule has 1 aliphatic heterocycles. The predicted molar refractivity (Wildman–Crippen MR) is 96.2 cm³/mol. The van der Waals surface area contributed by atoms with Crippen molar-refractivity contribution in [2.45, 2.75) is 6.92 Å². The molecule has 8 heteroatoms. The van der Waals surface area contributed by atoms with Gasteiger partial charge in [0.2, 0.25) is 5.91 Å². The van der Waals surface area contributed by atoms with Crippen molar-refractivity contribution in [2.24, 2.45) is 4.99 Å². The van der Waals surface area contributed by atoms with E-state index in [1.165, 1.54) is 35.2 Å². The SMILES string of the molecule is CCO.CN1C(=O)CN=C(c2ccccc2F)c2cc([N+](=O)[O-])ccc21. The number of hydrogen-bond acceptors (Lipinski definition) is 5. The summed E-state index contributed by atoms with van der Waals surface area (Å²) in [5.74, 6) is -0.771. The molecule has 0 aromatic heterocycles. The van der Waals surface area contributed by atoms with E-state index in [0.29, 0.717) is 11.3 Å². The lowest BCUT2D eigenvalue weighted by Gasteiger charge is -2.17. The first kappa shape index (κ1) is 19.2. The molecule has 0 saturated heterocycles. The van der Waals surface area contributed by atoms with E-state index in [1.54, 1.807) is 26.1 Å². The molecular formula is C18H18FN3O4. The molecule has 0 aliphatic carbocycles. The molecule has 3 rings (SSSR count). The zero-order valence-electron chi connectivity index (χ0n) is 14.3. The molecule has 0 saturated carbocycles. The Hall–Kier alpha value is -3.13. The van der Waals surface area contributed by atoms with Crippen molar-refractivity contribution in [3.63, 3.8) is 0 Å². The molecule has 7 nitrogen and oxygen atoms in total. The van der Waals surface area contributed by atoms with E-state index in [2.05, 4.69) is 4.99 Å².